The van der Waals surface area contributed by atoms with E-state index in [1.165, 1.54) is 6.92 Å². The zero-order valence-corrected chi connectivity index (χ0v) is 13.2. The largest absolute Gasteiger partial charge is 0.413 e. The standard InChI is InChI=1S/C15H25F3O4/c1-12(2)5-8-19-15(20-9-6-16,21-10-7-17)22-11-14(18)13(3)4/h14H,1,3,5-11H2,2,4H3. The van der Waals surface area contributed by atoms with Crippen molar-refractivity contribution in [3.63, 3.8) is 0 Å². The topological polar surface area (TPSA) is 36.9 Å². The molecule has 0 heterocycles. The second-order valence-corrected chi connectivity index (χ2v) is 4.76. The maximum Gasteiger partial charge on any atom is 0.413 e. The number of hydrogen-bond acceptors (Lipinski definition) is 4. The van der Waals surface area contributed by atoms with Crippen molar-refractivity contribution in [1.29, 1.82) is 0 Å². The third kappa shape index (κ3) is 9.19. The lowest BCUT2D eigenvalue weighted by Crippen LogP contribution is -2.45. The average Bonchev–Trinajstić information content (AvgIpc) is 2.47. The maximum absolute atomic E-state index is 13.6. The maximum atomic E-state index is 13.6. The highest BCUT2D eigenvalue weighted by Gasteiger charge is 2.37. The molecule has 0 fully saturated rings. The van der Waals surface area contributed by atoms with E-state index in [-0.39, 0.29) is 12.2 Å². The molecular formula is C15H25F3O4. The molecule has 0 aliphatic carbocycles. The number of rotatable bonds is 14. The first kappa shape index (κ1) is 21.1. The van der Waals surface area contributed by atoms with Crippen molar-refractivity contribution in [2.75, 3.05) is 39.8 Å². The fourth-order valence-electron chi connectivity index (χ4n) is 1.24. The quantitative estimate of drug-likeness (QED) is 0.362. The summed E-state index contributed by atoms with van der Waals surface area (Å²) in [5.41, 5.74) is 1.07. The highest BCUT2D eigenvalue weighted by molar-refractivity contribution is 4.96. The van der Waals surface area contributed by atoms with Crippen LogP contribution in [0.1, 0.15) is 20.3 Å². The predicted octanol–water partition coefficient (Wildman–Crippen LogP) is 3.48. The van der Waals surface area contributed by atoms with E-state index < -0.39 is 45.5 Å². The number of halogens is 3. The van der Waals surface area contributed by atoms with Crippen molar-refractivity contribution in [2.45, 2.75) is 32.6 Å². The van der Waals surface area contributed by atoms with E-state index in [2.05, 4.69) is 13.2 Å². The molecule has 0 spiro atoms. The number of alkyl halides is 3. The molecule has 22 heavy (non-hydrogen) atoms. The van der Waals surface area contributed by atoms with Gasteiger partial charge >= 0.3 is 6.16 Å². The first-order chi connectivity index (χ1) is 10.4. The molecule has 0 radical (unpaired) electrons. The van der Waals surface area contributed by atoms with Crippen LogP contribution in [-0.4, -0.2) is 52.1 Å². The lowest BCUT2D eigenvalue weighted by atomic mass is 10.2. The number of ether oxygens (including phenoxy) is 4. The molecule has 0 amide bonds. The summed E-state index contributed by atoms with van der Waals surface area (Å²) in [6.45, 7) is 7.59. The lowest BCUT2D eigenvalue weighted by Gasteiger charge is -2.32. The molecule has 0 aliphatic heterocycles. The molecule has 4 nitrogen and oxygen atoms in total. The van der Waals surface area contributed by atoms with Crippen molar-refractivity contribution in [2.24, 2.45) is 0 Å². The molecule has 130 valence electrons. The van der Waals surface area contributed by atoms with Gasteiger partial charge in [-0.3, -0.25) is 4.74 Å². The van der Waals surface area contributed by atoms with Crippen LogP contribution in [0.3, 0.4) is 0 Å². The zero-order chi connectivity index (χ0) is 17.0. The first-order valence-electron chi connectivity index (χ1n) is 6.98. The molecule has 0 saturated heterocycles. The molecule has 0 saturated carbocycles. The Labute approximate surface area is 129 Å². The van der Waals surface area contributed by atoms with E-state index in [0.29, 0.717) is 6.42 Å². The minimum atomic E-state index is -2.15. The van der Waals surface area contributed by atoms with E-state index in [1.807, 2.05) is 0 Å². The van der Waals surface area contributed by atoms with Crippen LogP contribution in [-0.2, 0) is 18.9 Å². The van der Waals surface area contributed by atoms with Gasteiger partial charge in [-0.25, -0.2) is 13.2 Å². The minimum Gasteiger partial charge on any atom is -0.303 e. The van der Waals surface area contributed by atoms with Crippen LogP contribution in [0.4, 0.5) is 13.2 Å². The normalized spacial score (nSPS) is 13.1. The Balaban J connectivity index is 4.81. The Morgan fingerprint density at radius 2 is 1.45 bits per heavy atom. The zero-order valence-electron chi connectivity index (χ0n) is 13.2. The molecule has 0 bridgehead atoms. The smallest absolute Gasteiger partial charge is 0.303 e. The van der Waals surface area contributed by atoms with Crippen molar-refractivity contribution in [3.8, 4) is 0 Å². The highest BCUT2D eigenvalue weighted by Crippen LogP contribution is 2.21. The van der Waals surface area contributed by atoms with Crippen molar-refractivity contribution in [1.82, 2.24) is 0 Å². The van der Waals surface area contributed by atoms with E-state index in [4.69, 9.17) is 18.9 Å². The van der Waals surface area contributed by atoms with Gasteiger partial charge < -0.3 is 14.2 Å². The van der Waals surface area contributed by atoms with Gasteiger partial charge in [0.25, 0.3) is 0 Å². The second kappa shape index (κ2) is 11.6. The van der Waals surface area contributed by atoms with E-state index in [9.17, 15) is 13.2 Å². The van der Waals surface area contributed by atoms with E-state index in [0.717, 1.165) is 5.57 Å². The van der Waals surface area contributed by atoms with Crippen LogP contribution < -0.4 is 0 Å². The molecule has 1 unspecified atom stereocenters. The molecule has 0 aromatic carbocycles. The van der Waals surface area contributed by atoms with Crippen molar-refractivity contribution >= 4 is 0 Å². The Hall–Kier alpha value is -0.890. The minimum absolute atomic E-state index is 0.0813. The van der Waals surface area contributed by atoms with Crippen LogP contribution >= 0.6 is 0 Å². The predicted molar refractivity (Wildman–Crippen MR) is 77.6 cm³/mol. The summed E-state index contributed by atoms with van der Waals surface area (Å²) in [5.74, 6) is 0. The highest BCUT2D eigenvalue weighted by atomic mass is 19.1. The van der Waals surface area contributed by atoms with Crippen LogP contribution in [0.2, 0.25) is 0 Å². The molecule has 7 heteroatoms. The van der Waals surface area contributed by atoms with Crippen LogP contribution in [0.25, 0.3) is 0 Å². The average molecular weight is 326 g/mol. The van der Waals surface area contributed by atoms with Gasteiger partial charge in [0, 0.05) is 0 Å². The molecule has 0 aromatic heterocycles. The van der Waals surface area contributed by atoms with Crippen molar-refractivity contribution in [3.05, 3.63) is 24.3 Å². The van der Waals surface area contributed by atoms with Gasteiger partial charge in [0.2, 0.25) is 0 Å². The first-order valence-corrected chi connectivity index (χ1v) is 6.98. The van der Waals surface area contributed by atoms with E-state index >= 15 is 0 Å². The number of hydrogen-bond donors (Lipinski definition) is 0. The molecule has 0 aromatic rings. The summed E-state index contributed by atoms with van der Waals surface area (Å²) in [7, 11) is 0. The summed E-state index contributed by atoms with van der Waals surface area (Å²) in [6, 6.07) is 0. The monoisotopic (exact) mass is 326 g/mol. The van der Waals surface area contributed by atoms with Gasteiger partial charge in [-0.2, -0.15) is 0 Å². The molecule has 1 atom stereocenters. The van der Waals surface area contributed by atoms with Gasteiger partial charge in [-0.15, -0.1) is 6.58 Å². The van der Waals surface area contributed by atoms with Crippen LogP contribution in [0, 0.1) is 0 Å². The summed E-state index contributed by atoms with van der Waals surface area (Å²) in [5, 5.41) is 0. The molecule has 0 N–H and O–H groups in total. The van der Waals surface area contributed by atoms with Gasteiger partial charge in [0.15, 0.2) is 0 Å². The van der Waals surface area contributed by atoms with Gasteiger partial charge in [0.05, 0.1) is 26.4 Å². The van der Waals surface area contributed by atoms with E-state index in [1.54, 1.807) is 6.92 Å². The summed E-state index contributed by atoms with van der Waals surface area (Å²) in [6.07, 6.45) is -3.16. The Bertz CT molecular complexity index is 329. The van der Waals surface area contributed by atoms with Gasteiger partial charge in [-0.05, 0) is 25.8 Å². The molecular weight excluding hydrogens is 301 g/mol. The summed E-state index contributed by atoms with van der Waals surface area (Å²) < 4.78 is 58.9. The fourth-order valence-corrected chi connectivity index (χ4v) is 1.24. The fraction of sp³-hybridized carbons (Fsp3) is 0.733. The Kier molecular flexibility index (Phi) is 11.2. The lowest BCUT2D eigenvalue weighted by molar-refractivity contribution is -0.500. The second-order valence-electron chi connectivity index (χ2n) is 4.76. The summed E-state index contributed by atoms with van der Waals surface area (Å²) >= 11 is 0. The van der Waals surface area contributed by atoms with Crippen molar-refractivity contribution < 1.29 is 32.1 Å². The summed E-state index contributed by atoms with van der Waals surface area (Å²) in [4.78, 5) is 0. The molecule has 0 aliphatic rings. The van der Waals surface area contributed by atoms with Crippen LogP contribution in [0.5, 0.6) is 0 Å². The molecule has 0 rings (SSSR count). The third-order valence-corrected chi connectivity index (χ3v) is 2.46. The Morgan fingerprint density at radius 3 is 1.86 bits per heavy atom. The van der Waals surface area contributed by atoms with Gasteiger partial charge in [0.1, 0.15) is 19.5 Å². The SMILES string of the molecule is C=C(C)CCOC(OCCF)(OCCF)OCC(F)C(=C)C. The van der Waals surface area contributed by atoms with Gasteiger partial charge in [-0.1, -0.05) is 12.2 Å². The third-order valence-electron chi connectivity index (χ3n) is 2.46. The Morgan fingerprint density at radius 1 is 0.955 bits per heavy atom. The van der Waals surface area contributed by atoms with Crippen LogP contribution in [0.15, 0.2) is 24.3 Å².